The molecular weight excluding hydrogens is 663 g/mol. The third-order valence-corrected chi connectivity index (χ3v) is 10.1. The molecule has 2 saturated heterocycles. The summed E-state index contributed by atoms with van der Waals surface area (Å²) in [5.41, 5.74) is 6.73. The van der Waals surface area contributed by atoms with Crippen molar-refractivity contribution in [3.05, 3.63) is 150 Å². The molecule has 0 aromatic heterocycles. The number of ether oxygens (including phenoxy) is 3. The lowest BCUT2D eigenvalue weighted by atomic mass is 9.97. The smallest absolute Gasteiger partial charge is 0.319 e. The molecular formula is C45H49N3O5. The molecule has 7 rings (SSSR count). The molecule has 0 spiro atoms. The molecule has 5 aromatic carbocycles. The van der Waals surface area contributed by atoms with Crippen LogP contribution in [0.5, 0.6) is 11.5 Å². The fourth-order valence-corrected chi connectivity index (χ4v) is 7.17. The van der Waals surface area contributed by atoms with Crippen LogP contribution in [0.1, 0.15) is 73.2 Å². The number of rotatable bonds is 11. The summed E-state index contributed by atoms with van der Waals surface area (Å²) in [6.07, 6.45) is 6.62. The molecule has 2 amide bonds. The summed E-state index contributed by atoms with van der Waals surface area (Å²) in [7, 11) is 0. The van der Waals surface area contributed by atoms with E-state index in [2.05, 4.69) is 58.0 Å². The Bertz CT molecular complexity index is 1880. The van der Waals surface area contributed by atoms with Crippen LogP contribution in [0.3, 0.4) is 0 Å². The first-order valence-electron chi connectivity index (χ1n) is 18.9. The number of urea groups is 1. The fourth-order valence-electron chi connectivity index (χ4n) is 7.17. The van der Waals surface area contributed by atoms with Gasteiger partial charge in [-0.3, -0.25) is 0 Å². The van der Waals surface area contributed by atoms with Gasteiger partial charge in [-0.05, 0) is 90.1 Å². The van der Waals surface area contributed by atoms with Crippen LogP contribution in [-0.2, 0) is 22.6 Å². The van der Waals surface area contributed by atoms with Crippen LogP contribution in [0.2, 0.25) is 0 Å². The molecule has 0 aliphatic carbocycles. The van der Waals surface area contributed by atoms with Crippen LogP contribution in [-0.4, -0.2) is 41.8 Å². The first-order chi connectivity index (χ1) is 26.1. The minimum atomic E-state index is -0.500. The Labute approximate surface area is 312 Å². The van der Waals surface area contributed by atoms with E-state index < -0.39 is 6.29 Å². The normalized spacial score (nSPS) is 19.5. The topological polar surface area (TPSA) is 92.3 Å². The first kappa shape index (κ1) is 36.4. The van der Waals surface area contributed by atoms with E-state index in [-0.39, 0.29) is 24.8 Å². The van der Waals surface area contributed by atoms with Crippen molar-refractivity contribution in [2.45, 2.75) is 70.2 Å². The maximum absolute atomic E-state index is 12.9. The van der Waals surface area contributed by atoms with Gasteiger partial charge in [0, 0.05) is 30.8 Å². The van der Waals surface area contributed by atoms with E-state index in [1.165, 1.54) is 32.1 Å². The van der Waals surface area contributed by atoms with Crippen LogP contribution in [0.25, 0.3) is 11.1 Å². The zero-order valence-electron chi connectivity index (χ0n) is 30.2. The van der Waals surface area contributed by atoms with E-state index in [4.69, 9.17) is 14.2 Å². The Balaban J connectivity index is 0.998. The molecule has 0 bridgehead atoms. The highest BCUT2D eigenvalue weighted by molar-refractivity contribution is 5.89. The summed E-state index contributed by atoms with van der Waals surface area (Å²) in [6, 6.07) is 41.2. The highest BCUT2D eigenvalue weighted by Crippen LogP contribution is 2.39. The lowest BCUT2D eigenvalue weighted by molar-refractivity contribution is -0.253. The molecule has 2 fully saturated rings. The third kappa shape index (κ3) is 10.1. The molecule has 0 saturated carbocycles. The number of carbonyl (C=O) groups excluding carboxylic acids is 1. The van der Waals surface area contributed by atoms with Crippen LogP contribution < -0.4 is 15.4 Å². The van der Waals surface area contributed by atoms with Crippen molar-refractivity contribution in [3.63, 3.8) is 0 Å². The molecule has 53 heavy (non-hydrogen) atoms. The zero-order valence-corrected chi connectivity index (χ0v) is 30.2. The minimum absolute atomic E-state index is 0.0222. The van der Waals surface area contributed by atoms with Crippen molar-refractivity contribution in [3.8, 4) is 22.6 Å². The van der Waals surface area contributed by atoms with E-state index in [1.807, 2.05) is 84.9 Å². The van der Waals surface area contributed by atoms with Gasteiger partial charge in [0.25, 0.3) is 0 Å². The molecule has 8 heteroatoms. The van der Waals surface area contributed by atoms with Gasteiger partial charge in [0.1, 0.15) is 11.5 Å². The van der Waals surface area contributed by atoms with Crippen molar-refractivity contribution in [2.75, 3.05) is 25.0 Å². The number of para-hydroxylation sites is 1. The monoisotopic (exact) mass is 711 g/mol. The van der Waals surface area contributed by atoms with E-state index in [9.17, 15) is 9.90 Å². The van der Waals surface area contributed by atoms with Gasteiger partial charge < -0.3 is 34.9 Å². The van der Waals surface area contributed by atoms with Gasteiger partial charge >= 0.3 is 6.03 Å². The number of likely N-dealkylation sites (tertiary alicyclic amines) is 1. The summed E-state index contributed by atoms with van der Waals surface area (Å²) in [5, 5.41) is 15.5. The molecule has 5 aromatic rings. The number of aliphatic hydroxyl groups excluding tert-OH is 1. The number of benzene rings is 5. The molecule has 8 nitrogen and oxygen atoms in total. The minimum Gasteiger partial charge on any atom is -0.457 e. The summed E-state index contributed by atoms with van der Waals surface area (Å²) in [5.74, 6) is 1.45. The molecule has 3 atom stereocenters. The van der Waals surface area contributed by atoms with Crippen LogP contribution >= 0.6 is 0 Å². The highest BCUT2D eigenvalue weighted by atomic mass is 16.7. The van der Waals surface area contributed by atoms with Crippen molar-refractivity contribution in [1.82, 2.24) is 10.2 Å². The van der Waals surface area contributed by atoms with Crippen molar-refractivity contribution < 1.29 is 24.1 Å². The standard InChI is InChI=1S/C45H49N3O5/c49-32-33-15-17-35(18-16-33)43-29-41(31-48-27-9-2-1-3-10-28-48)52-44(53-43)36-21-19-34(20-22-36)42-14-8-7-11-37(42)30-46-45(50)47-38-23-25-40(26-24-38)51-39-12-5-4-6-13-39/h4-8,11-26,41,43-44,49H,1-3,9-10,27-32H2,(H2,46,47,50)/t41-,43+,44+/m1/s1. The van der Waals surface area contributed by atoms with Crippen molar-refractivity contribution in [2.24, 2.45) is 0 Å². The van der Waals surface area contributed by atoms with Gasteiger partial charge in [0.15, 0.2) is 6.29 Å². The van der Waals surface area contributed by atoms with Crippen molar-refractivity contribution >= 4 is 11.7 Å². The predicted molar refractivity (Wildman–Crippen MR) is 209 cm³/mol. The molecule has 0 radical (unpaired) electrons. The predicted octanol–water partition coefficient (Wildman–Crippen LogP) is 9.77. The second-order valence-electron chi connectivity index (χ2n) is 13.9. The van der Waals surface area contributed by atoms with Gasteiger partial charge in [-0.15, -0.1) is 0 Å². The average molecular weight is 712 g/mol. The number of aliphatic hydroxyl groups is 1. The Morgan fingerprint density at radius 3 is 2.11 bits per heavy atom. The highest BCUT2D eigenvalue weighted by Gasteiger charge is 2.33. The lowest BCUT2D eigenvalue weighted by Gasteiger charge is -2.39. The van der Waals surface area contributed by atoms with Crippen LogP contribution in [0, 0.1) is 0 Å². The summed E-state index contributed by atoms with van der Waals surface area (Å²) in [4.78, 5) is 15.5. The SMILES string of the molecule is O=C(NCc1ccccc1-c1ccc([C@H]2O[C@@H](CN3CCCCCCC3)C[C@@H](c3ccc(CO)cc3)O2)cc1)Nc1ccc(Oc2ccccc2)cc1. The number of carbonyl (C=O) groups is 1. The van der Waals surface area contributed by atoms with E-state index in [0.29, 0.717) is 18.0 Å². The summed E-state index contributed by atoms with van der Waals surface area (Å²) >= 11 is 0. The van der Waals surface area contributed by atoms with E-state index >= 15 is 0 Å². The lowest BCUT2D eigenvalue weighted by Crippen LogP contribution is -2.40. The van der Waals surface area contributed by atoms with Crippen LogP contribution in [0.4, 0.5) is 10.5 Å². The molecule has 2 aliphatic heterocycles. The van der Waals surface area contributed by atoms with Gasteiger partial charge in [-0.1, -0.05) is 110 Å². The van der Waals surface area contributed by atoms with Gasteiger partial charge in [-0.25, -0.2) is 4.79 Å². The fraction of sp³-hybridized carbons (Fsp3) is 0.311. The Morgan fingerprint density at radius 2 is 1.38 bits per heavy atom. The first-order valence-corrected chi connectivity index (χ1v) is 18.9. The summed E-state index contributed by atoms with van der Waals surface area (Å²) < 4.78 is 19.2. The van der Waals surface area contributed by atoms with Crippen LogP contribution in [0.15, 0.2) is 127 Å². The van der Waals surface area contributed by atoms with Crippen molar-refractivity contribution in [1.29, 1.82) is 0 Å². The number of hydrogen-bond donors (Lipinski definition) is 3. The summed E-state index contributed by atoms with van der Waals surface area (Å²) in [6.45, 7) is 3.51. The molecule has 2 aliphatic rings. The van der Waals surface area contributed by atoms with Gasteiger partial charge in [0.05, 0.1) is 18.8 Å². The molecule has 3 N–H and O–H groups in total. The second kappa shape index (κ2) is 18.2. The number of nitrogens with zero attached hydrogens (tertiary/aromatic N) is 1. The zero-order chi connectivity index (χ0) is 36.2. The quantitative estimate of drug-likeness (QED) is 0.126. The van der Waals surface area contributed by atoms with E-state index in [1.54, 1.807) is 0 Å². The number of nitrogens with one attached hydrogen (secondary N) is 2. The Morgan fingerprint density at radius 1 is 0.717 bits per heavy atom. The molecule has 2 heterocycles. The Hall–Kier alpha value is -4.99. The molecule has 0 unspecified atom stereocenters. The average Bonchev–Trinajstić information content (AvgIpc) is 3.19. The maximum atomic E-state index is 12.9. The van der Waals surface area contributed by atoms with Gasteiger partial charge in [0.2, 0.25) is 0 Å². The van der Waals surface area contributed by atoms with Gasteiger partial charge in [-0.2, -0.15) is 0 Å². The van der Waals surface area contributed by atoms with E-state index in [0.717, 1.165) is 65.2 Å². The second-order valence-corrected chi connectivity index (χ2v) is 13.9. The number of amides is 2. The Kier molecular flexibility index (Phi) is 12.5. The largest absolute Gasteiger partial charge is 0.457 e. The third-order valence-electron chi connectivity index (χ3n) is 10.1. The number of anilines is 1. The maximum Gasteiger partial charge on any atom is 0.319 e. The molecule has 274 valence electrons. The number of hydrogen-bond acceptors (Lipinski definition) is 6.